The van der Waals surface area contributed by atoms with Gasteiger partial charge in [0.05, 0.1) is 31.4 Å². The number of nitrogens with one attached hydrogen (secondary N) is 2. The third-order valence-electron chi connectivity index (χ3n) is 6.13. The molecule has 1 aliphatic rings. The van der Waals surface area contributed by atoms with Crippen LogP contribution in [-0.2, 0) is 15.1 Å². The summed E-state index contributed by atoms with van der Waals surface area (Å²) in [5.41, 5.74) is -3.16. The smallest absolute Gasteiger partial charge is 0.416 e. The zero-order chi connectivity index (χ0) is 29.6. The Kier molecular flexibility index (Phi) is 9.98. The van der Waals surface area contributed by atoms with Crippen molar-refractivity contribution in [2.45, 2.75) is 37.2 Å². The number of ether oxygens (including phenoxy) is 2. The number of thioether (sulfide) groups is 1. The molecular formula is C26H27F6N3O4S. The summed E-state index contributed by atoms with van der Waals surface area (Å²) in [6.45, 7) is -0.589. The first kappa shape index (κ1) is 31.1. The highest BCUT2D eigenvalue weighted by Crippen LogP contribution is 2.48. The van der Waals surface area contributed by atoms with Crippen LogP contribution in [0.2, 0.25) is 0 Å². The summed E-state index contributed by atoms with van der Waals surface area (Å²) in [5.74, 6) is -0.897. The zero-order valence-corrected chi connectivity index (χ0v) is 22.4. The summed E-state index contributed by atoms with van der Waals surface area (Å²) >= 11 is 1.24. The molecule has 0 aliphatic carbocycles. The zero-order valence-electron chi connectivity index (χ0n) is 21.5. The average Bonchev–Trinajstić information content (AvgIpc) is 2.89. The second kappa shape index (κ2) is 12.8. The van der Waals surface area contributed by atoms with E-state index in [2.05, 4.69) is 15.6 Å². The third-order valence-corrected chi connectivity index (χ3v) is 6.68. The second-order valence-electron chi connectivity index (χ2n) is 8.88. The number of nitrogens with zero attached hydrogens (tertiary/aromatic N) is 1. The van der Waals surface area contributed by atoms with Gasteiger partial charge in [-0.1, -0.05) is 12.1 Å². The Morgan fingerprint density at radius 1 is 1.10 bits per heavy atom. The summed E-state index contributed by atoms with van der Waals surface area (Å²) in [7, 11) is 1.40. The number of methoxy groups -OCH3 is 1. The van der Waals surface area contributed by atoms with Crippen LogP contribution in [0.4, 0.5) is 26.3 Å². The van der Waals surface area contributed by atoms with E-state index in [1.807, 2.05) is 0 Å². The molecule has 7 nitrogen and oxygen atoms in total. The molecular weight excluding hydrogens is 564 g/mol. The lowest BCUT2D eigenvalue weighted by molar-refractivity contribution is -0.201. The molecule has 1 aromatic carbocycles. The third kappa shape index (κ3) is 7.61. The van der Waals surface area contributed by atoms with Crippen LogP contribution in [0.3, 0.4) is 0 Å². The molecule has 0 bridgehead atoms. The molecule has 2 amide bonds. The van der Waals surface area contributed by atoms with Crippen LogP contribution in [-0.4, -0.2) is 61.4 Å². The van der Waals surface area contributed by atoms with Crippen molar-refractivity contribution in [2.75, 3.05) is 32.3 Å². The van der Waals surface area contributed by atoms with Gasteiger partial charge in [0.1, 0.15) is 11.5 Å². The highest BCUT2D eigenvalue weighted by atomic mass is 32.2. The number of benzene rings is 1. The van der Waals surface area contributed by atoms with Crippen LogP contribution in [0.25, 0.3) is 5.57 Å². The molecule has 0 saturated heterocycles. The Hall–Kier alpha value is -3.42. The van der Waals surface area contributed by atoms with Crippen molar-refractivity contribution in [3.63, 3.8) is 0 Å². The number of pyridine rings is 1. The summed E-state index contributed by atoms with van der Waals surface area (Å²) in [5, 5.41) is 4.66. The summed E-state index contributed by atoms with van der Waals surface area (Å²) < 4.78 is 91.7. The van der Waals surface area contributed by atoms with E-state index in [4.69, 9.17) is 9.47 Å². The molecule has 2 aromatic rings. The predicted molar refractivity (Wildman–Crippen MR) is 137 cm³/mol. The lowest BCUT2D eigenvalue weighted by Crippen LogP contribution is -2.59. The van der Waals surface area contributed by atoms with Gasteiger partial charge in [0.2, 0.25) is 11.8 Å². The Labute approximate surface area is 230 Å². The van der Waals surface area contributed by atoms with Crippen LogP contribution in [0.15, 0.2) is 48.2 Å². The maximum atomic E-state index is 14.8. The summed E-state index contributed by atoms with van der Waals surface area (Å²) in [6, 6.07) is 7.54. The topological polar surface area (TPSA) is 89.5 Å². The lowest BCUT2D eigenvalue weighted by atomic mass is 9.77. The van der Waals surface area contributed by atoms with Crippen molar-refractivity contribution in [3.8, 4) is 11.5 Å². The van der Waals surface area contributed by atoms with Gasteiger partial charge in [0.15, 0.2) is 5.54 Å². The largest absolute Gasteiger partial charge is 0.495 e. The maximum Gasteiger partial charge on any atom is 0.416 e. The molecule has 3 rings (SSSR count). The average molecular weight is 592 g/mol. The predicted octanol–water partition coefficient (Wildman–Crippen LogP) is 5.02. The molecule has 0 unspecified atom stereocenters. The summed E-state index contributed by atoms with van der Waals surface area (Å²) in [6.07, 6.45) is -8.40. The van der Waals surface area contributed by atoms with E-state index in [0.29, 0.717) is 5.75 Å². The number of carbonyl (C=O) groups excluding carboxylic acids is 2. The number of aromatic nitrogens is 1. The molecule has 0 spiro atoms. The minimum atomic E-state index is -4.97. The van der Waals surface area contributed by atoms with Crippen LogP contribution < -0.4 is 20.1 Å². The van der Waals surface area contributed by atoms with Gasteiger partial charge in [0, 0.05) is 25.0 Å². The number of hydrogen-bond donors (Lipinski definition) is 2. The molecule has 1 atom stereocenters. The van der Waals surface area contributed by atoms with E-state index in [1.165, 1.54) is 49.3 Å². The van der Waals surface area contributed by atoms with Crippen LogP contribution in [0.5, 0.6) is 11.5 Å². The van der Waals surface area contributed by atoms with Crippen molar-refractivity contribution in [1.29, 1.82) is 0 Å². The number of carbonyl (C=O) groups is 2. The number of rotatable bonds is 11. The lowest BCUT2D eigenvalue weighted by Gasteiger charge is -2.41. The standard InChI is InChI=1S/C26H27F6N3O4S/c1-38-18-8-9-21(33-13-18)19-12-24(26(30,31)32,35-23(37)20(19)14-34-22(36)15-40-2)16-4-6-17(7-5-16)39-11-3-10-25(27,28)29/h4-9,13H,3,10-12,14-15H2,1-2H3,(H,34,36)(H,35,37)/t24-/m0/s1. The molecule has 0 saturated carbocycles. The minimum absolute atomic E-state index is 0.0133. The van der Waals surface area contributed by atoms with Crippen LogP contribution in [0, 0.1) is 0 Å². The van der Waals surface area contributed by atoms with E-state index >= 15 is 0 Å². The van der Waals surface area contributed by atoms with Gasteiger partial charge in [0.25, 0.3) is 0 Å². The number of hydrogen-bond acceptors (Lipinski definition) is 6. The Morgan fingerprint density at radius 2 is 1.77 bits per heavy atom. The van der Waals surface area contributed by atoms with Crippen molar-refractivity contribution < 1.29 is 45.4 Å². The van der Waals surface area contributed by atoms with Crippen molar-refractivity contribution in [1.82, 2.24) is 15.6 Å². The molecule has 1 aromatic heterocycles. The summed E-state index contributed by atoms with van der Waals surface area (Å²) in [4.78, 5) is 29.5. The van der Waals surface area contributed by atoms with Gasteiger partial charge < -0.3 is 20.1 Å². The first-order valence-electron chi connectivity index (χ1n) is 12.0. The molecule has 40 heavy (non-hydrogen) atoms. The van der Waals surface area contributed by atoms with Gasteiger partial charge in [-0.15, -0.1) is 0 Å². The van der Waals surface area contributed by atoms with Crippen LogP contribution in [0.1, 0.15) is 30.5 Å². The van der Waals surface area contributed by atoms with E-state index in [1.54, 1.807) is 6.26 Å². The van der Waals surface area contributed by atoms with Gasteiger partial charge in [-0.25, -0.2) is 0 Å². The van der Waals surface area contributed by atoms with E-state index in [9.17, 15) is 35.9 Å². The van der Waals surface area contributed by atoms with Gasteiger partial charge >= 0.3 is 12.4 Å². The van der Waals surface area contributed by atoms with Crippen molar-refractivity contribution in [2.24, 2.45) is 0 Å². The van der Waals surface area contributed by atoms with Crippen LogP contribution >= 0.6 is 11.8 Å². The SMILES string of the molecule is COc1ccc(C2=C(CNC(=O)CSC)C(=O)N[C@@](c3ccc(OCCCC(F)(F)F)cc3)(C(F)(F)F)C2)nc1. The number of amides is 2. The molecule has 0 radical (unpaired) electrons. The molecule has 218 valence electrons. The number of halogens is 6. The fourth-order valence-electron chi connectivity index (χ4n) is 4.11. The Morgan fingerprint density at radius 3 is 2.33 bits per heavy atom. The molecule has 2 N–H and O–H groups in total. The Balaban J connectivity index is 1.97. The fourth-order valence-corrected chi connectivity index (χ4v) is 4.47. The van der Waals surface area contributed by atoms with Gasteiger partial charge in [-0.05, 0) is 48.1 Å². The van der Waals surface area contributed by atoms with Gasteiger partial charge in [-0.2, -0.15) is 38.1 Å². The van der Waals surface area contributed by atoms with E-state index in [0.717, 1.165) is 12.1 Å². The molecule has 1 aliphatic heterocycles. The molecule has 14 heteroatoms. The molecule has 2 heterocycles. The fraction of sp³-hybridized carbons (Fsp3) is 0.423. The van der Waals surface area contributed by atoms with E-state index < -0.39 is 42.5 Å². The second-order valence-corrected chi connectivity index (χ2v) is 9.74. The van der Waals surface area contributed by atoms with Crippen molar-refractivity contribution in [3.05, 3.63) is 59.4 Å². The first-order valence-corrected chi connectivity index (χ1v) is 13.4. The highest BCUT2D eigenvalue weighted by molar-refractivity contribution is 7.99. The Bertz CT molecular complexity index is 1220. The normalized spacial score (nSPS) is 17.9. The molecule has 0 fully saturated rings. The highest BCUT2D eigenvalue weighted by Gasteiger charge is 2.59. The van der Waals surface area contributed by atoms with Gasteiger partial charge in [-0.3, -0.25) is 14.6 Å². The first-order chi connectivity index (χ1) is 18.8. The van der Waals surface area contributed by atoms with Crippen molar-refractivity contribution >= 4 is 29.1 Å². The number of alkyl halides is 6. The maximum absolute atomic E-state index is 14.8. The monoisotopic (exact) mass is 591 g/mol. The minimum Gasteiger partial charge on any atom is -0.495 e. The quantitative estimate of drug-likeness (QED) is 0.282. The van der Waals surface area contributed by atoms with E-state index in [-0.39, 0.29) is 53.5 Å².